The number of aromatic hydroxyl groups is 1. The van der Waals surface area contributed by atoms with Crippen LogP contribution in [-0.2, 0) is 6.42 Å². The van der Waals surface area contributed by atoms with E-state index < -0.39 is 0 Å². The number of hydrogen-bond acceptors (Lipinski definition) is 1. The van der Waals surface area contributed by atoms with Crippen LogP contribution in [0.3, 0.4) is 0 Å². The van der Waals surface area contributed by atoms with Crippen LogP contribution in [0.5, 0.6) is 5.75 Å². The van der Waals surface area contributed by atoms with Crippen molar-refractivity contribution in [2.75, 3.05) is 0 Å². The first kappa shape index (κ1) is 10.7. The predicted octanol–water partition coefficient (Wildman–Crippen LogP) is 3.92. The molecule has 0 saturated carbocycles. The maximum Gasteiger partial charge on any atom is 0.138 e. The first-order valence-corrected chi connectivity index (χ1v) is 6.12. The van der Waals surface area contributed by atoms with Gasteiger partial charge in [0.2, 0.25) is 0 Å². The number of benzene rings is 2. The van der Waals surface area contributed by atoms with E-state index in [9.17, 15) is 5.11 Å². The molecular formula is C15H12ClO. The molecule has 0 bridgehead atoms. The van der Waals surface area contributed by atoms with Crippen LogP contribution < -0.4 is 0 Å². The van der Waals surface area contributed by atoms with Gasteiger partial charge in [0.25, 0.3) is 0 Å². The third kappa shape index (κ3) is 1.71. The van der Waals surface area contributed by atoms with E-state index in [1.807, 2.05) is 6.07 Å². The third-order valence-electron chi connectivity index (χ3n) is 3.43. The zero-order valence-electron chi connectivity index (χ0n) is 9.28. The average Bonchev–Trinajstić information content (AvgIpc) is 2.77. The molecule has 17 heavy (non-hydrogen) atoms. The molecule has 1 atom stereocenters. The van der Waals surface area contributed by atoms with E-state index in [4.69, 9.17) is 11.6 Å². The largest absolute Gasteiger partial charge is 0.506 e. The molecule has 0 heterocycles. The molecule has 1 nitrogen and oxygen atoms in total. The molecular weight excluding hydrogens is 232 g/mol. The Balaban J connectivity index is 2.10. The molecule has 0 aromatic heterocycles. The lowest BCUT2D eigenvalue weighted by Gasteiger charge is -2.14. The second-order valence-corrected chi connectivity index (χ2v) is 4.79. The van der Waals surface area contributed by atoms with Gasteiger partial charge in [0.05, 0.1) is 5.02 Å². The van der Waals surface area contributed by atoms with Crippen molar-refractivity contribution >= 4 is 11.6 Å². The van der Waals surface area contributed by atoms with Gasteiger partial charge in [-0.3, -0.25) is 0 Å². The van der Waals surface area contributed by atoms with Crippen molar-refractivity contribution in [1.29, 1.82) is 0 Å². The Morgan fingerprint density at radius 1 is 1.24 bits per heavy atom. The smallest absolute Gasteiger partial charge is 0.138 e. The molecule has 85 valence electrons. The van der Waals surface area contributed by atoms with Crippen molar-refractivity contribution < 1.29 is 5.11 Å². The quantitative estimate of drug-likeness (QED) is 0.805. The van der Waals surface area contributed by atoms with Gasteiger partial charge < -0.3 is 5.11 Å². The molecule has 1 radical (unpaired) electrons. The fourth-order valence-corrected chi connectivity index (χ4v) is 2.77. The number of phenols is 1. The van der Waals surface area contributed by atoms with Crippen molar-refractivity contribution in [3.8, 4) is 5.75 Å². The van der Waals surface area contributed by atoms with E-state index in [0.29, 0.717) is 5.02 Å². The van der Waals surface area contributed by atoms with Gasteiger partial charge in [-0.2, -0.15) is 0 Å². The van der Waals surface area contributed by atoms with Gasteiger partial charge in [-0.05, 0) is 36.1 Å². The van der Waals surface area contributed by atoms with E-state index in [1.54, 1.807) is 12.1 Å². The molecule has 0 saturated heterocycles. The summed E-state index contributed by atoms with van der Waals surface area (Å²) in [5.74, 6) is 0.403. The number of hydrogen-bond donors (Lipinski definition) is 1. The maximum atomic E-state index is 10.0. The fourth-order valence-electron chi connectivity index (χ4n) is 2.60. The van der Waals surface area contributed by atoms with Gasteiger partial charge in [-0.1, -0.05) is 41.9 Å². The van der Waals surface area contributed by atoms with Crippen molar-refractivity contribution in [1.82, 2.24) is 0 Å². The molecule has 0 amide bonds. The zero-order valence-corrected chi connectivity index (χ0v) is 10.0. The molecule has 0 spiro atoms. The van der Waals surface area contributed by atoms with Crippen LogP contribution in [0.15, 0.2) is 36.4 Å². The SMILES string of the molecule is Oc1c(C2CCc3ccccc32)[c]ccc1Cl. The summed E-state index contributed by atoms with van der Waals surface area (Å²) in [6.45, 7) is 0. The monoisotopic (exact) mass is 243 g/mol. The Hall–Kier alpha value is -1.47. The summed E-state index contributed by atoms with van der Waals surface area (Å²) < 4.78 is 0. The van der Waals surface area contributed by atoms with Gasteiger partial charge in [0.1, 0.15) is 5.75 Å². The standard InChI is InChI=1S/C15H12ClO/c16-14-7-3-6-13(15(14)17)12-9-8-10-4-1-2-5-11(10)12/h1-5,7,12,17H,8-9H2. The average molecular weight is 244 g/mol. The highest BCUT2D eigenvalue weighted by Crippen LogP contribution is 2.42. The molecule has 1 aliphatic carbocycles. The van der Waals surface area contributed by atoms with Crippen LogP contribution in [0, 0.1) is 6.07 Å². The van der Waals surface area contributed by atoms with Gasteiger partial charge in [0.15, 0.2) is 0 Å². The first-order valence-electron chi connectivity index (χ1n) is 5.74. The molecule has 2 aromatic rings. The number of halogens is 1. The van der Waals surface area contributed by atoms with Crippen molar-refractivity contribution in [2.24, 2.45) is 0 Å². The third-order valence-corrected chi connectivity index (χ3v) is 3.74. The summed E-state index contributed by atoms with van der Waals surface area (Å²) in [5, 5.41) is 10.4. The molecule has 2 aromatic carbocycles. The number of rotatable bonds is 1. The lowest BCUT2D eigenvalue weighted by Crippen LogP contribution is -1.97. The van der Waals surface area contributed by atoms with Crippen LogP contribution >= 0.6 is 11.6 Å². The normalized spacial score (nSPS) is 18.1. The fraction of sp³-hybridized carbons (Fsp3) is 0.200. The van der Waals surface area contributed by atoms with Gasteiger partial charge in [-0.15, -0.1) is 0 Å². The van der Waals surface area contributed by atoms with Gasteiger partial charge in [0, 0.05) is 11.5 Å². The van der Waals surface area contributed by atoms with E-state index in [1.165, 1.54) is 11.1 Å². The van der Waals surface area contributed by atoms with Crippen molar-refractivity contribution in [3.63, 3.8) is 0 Å². The zero-order chi connectivity index (χ0) is 11.8. The Kier molecular flexibility index (Phi) is 2.56. The minimum absolute atomic E-state index is 0.177. The Morgan fingerprint density at radius 2 is 2.06 bits per heavy atom. The summed E-state index contributed by atoms with van der Waals surface area (Å²) in [5.41, 5.74) is 3.48. The topological polar surface area (TPSA) is 20.2 Å². The summed E-state index contributed by atoms with van der Waals surface area (Å²) in [4.78, 5) is 0. The molecule has 0 fully saturated rings. The van der Waals surface area contributed by atoms with Crippen molar-refractivity contribution in [3.05, 3.63) is 64.2 Å². The Morgan fingerprint density at radius 3 is 2.94 bits per heavy atom. The highest BCUT2D eigenvalue weighted by Gasteiger charge is 2.26. The molecule has 1 N–H and O–H groups in total. The second kappa shape index (κ2) is 4.08. The Bertz CT molecular complexity index is 563. The van der Waals surface area contributed by atoms with Crippen molar-refractivity contribution in [2.45, 2.75) is 18.8 Å². The summed E-state index contributed by atoms with van der Waals surface area (Å²) >= 11 is 5.95. The lowest BCUT2D eigenvalue weighted by atomic mass is 9.92. The van der Waals surface area contributed by atoms with Crippen LogP contribution in [0.4, 0.5) is 0 Å². The van der Waals surface area contributed by atoms with Crippen LogP contribution in [0.25, 0.3) is 0 Å². The summed E-state index contributed by atoms with van der Waals surface area (Å²) in [7, 11) is 0. The van der Waals surface area contributed by atoms with Gasteiger partial charge >= 0.3 is 0 Å². The van der Waals surface area contributed by atoms with Crippen LogP contribution in [-0.4, -0.2) is 5.11 Å². The molecule has 0 aliphatic heterocycles. The van der Waals surface area contributed by atoms with E-state index in [-0.39, 0.29) is 11.7 Å². The summed E-state index contributed by atoms with van der Waals surface area (Å²) in [6.07, 6.45) is 2.07. The summed E-state index contributed by atoms with van der Waals surface area (Å²) in [6, 6.07) is 14.9. The molecule has 2 heteroatoms. The van der Waals surface area contributed by atoms with Crippen LogP contribution in [0.1, 0.15) is 29.0 Å². The van der Waals surface area contributed by atoms with E-state index >= 15 is 0 Å². The second-order valence-electron chi connectivity index (χ2n) is 4.38. The van der Waals surface area contributed by atoms with E-state index in [2.05, 4.69) is 24.3 Å². The minimum Gasteiger partial charge on any atom is -0.506 e. The minimum atomic E-state index is 0.177. The number of fused-ring (bicyclic) bond motifs is 1. The maximum absolute atomic E-state index is 10.0. The lowest BCUT2D eigenvalue weighted by molar-refractivity contribution is 0.464. The molecule has 1 aliphatic rings. The van der Waals surface area contributed by atoms with E-state index in [0.717, 1.165) is 18.4 Å². The van der Waals surface area contributed by atoms with Gasteiger partial charge in [-0.25, -0.2) is 0 Å². The predicted molar refractivity (Wildman–Crippen MR) is 68.6 cm³/mol. The Labute approximate surface area is 106 Å². The molecule has 3 rings (SSSR count). The number of aryl methyl sites for hydroxylation is 1. The molecule has 1 unspecified atom stereocenters. The highest BCUT2D eigenvalue weighted by molar-refractivity contribution is 6.32. The van der Waals surface area contributed by atoms with Crippen LogP contribution in [0.2, 0.25) is 5.02 Å². The first-order chi connectivity index (χ1) is 8.27. The highest BCUT2D eigenvalue weighted by atomic mass is 35.5. The number of phenolic OH excluding ortho intramolecular Hbond substituents is 1.